The Morgan fingerprint density at radius 1 is 1.57 bits per heavy atom. The number of carbonyl (C=O) groups excluding carboxylic acids is 1. The summed E-state index contributed by atoms with van der Waals surface area (Å²) in [5.74, 6) is 1.21. The standard InChI is InChI=1S/C12H20O2/c1-8(2)7-10-5-4-6-11(9(3)13)12(10)14/h8,10,14H,4-7H2,1-3H3. The summed E-state index contributed by atoms with van der Waals surface area (Å²) in [6, 6.07) is 0. The summed E-state index contributed by atoms with van der Waals surface area (Å²) in [5.41, 5.74) is 0.668. The van der Waals surface area contributed by atoms with Crippen LogP contribution in [-0.2, 0) is 4.79 Å². The summed E-state index contributed by atoms with van der Waals surface area (Å²) in [6.07, 6.45) is 3.82. The van der Waals surface area contributed by atoms with E-state index in [1.807, 2.05) is 0 Å². The first kappa shape index (κ1) is 11.3. The predicted octanol–water partition coefficient (Wildman–Crippen LogP) is 3.23. The number of ketones is 1. The van der Waals surface area contributed by atoms with Gasteiger partial charge in [-0.3, -0.25) is 4.79 Å². The molecular weight excluding hydrogens is 176 g/mol. The van der Waals surface area contributed by atoms with E-state index in [0.29, 0.717) is 17.3 Å². The zero-order valence-corrected chi connectivity index (χ0v) is 9.34. The smallest absolute Gasteiger partial charge is 0.159 e. The summed E-state index contributed by atoms with van der Waals surface area (Å²) >= 11 is 0. The third-order valence-corrected chi connectivity index (χ3v) is 2.86. The van der Waals surface area contributed by atoms with Gasteiger partial charge in [0.1, 0.15) is 5.76 Å². The summed E-state index contributed by atoms with van der Waals surface area (Å²) < 4.78 is 0. The molecule has 80 valence electrons. The van der Waals surface area contributed by atoms with Crippen molar-refractivity contribution in [1.29, 1.82) is 0 Å². The van der Waals surface area contributed by atoms with Crippen LogP contribution in [0.25, 0.3) is 0 Å². The van der Waals surface area contributed by atoms with Crippen LogP contribution in [0.1, 0.15) is 46.5 Å². The Morgan fingerprint density at radius 3 is 2.71 bits per heavy atom. The van der Waals surface area contributed by atoms with Crippen molar-refractivity contribution in [3.8, 4) is 0 Å². The lowest BCUT2D eigenvalue weighted by molar-refractivity contribution is -0.114. The van der Waals surface area contributed by atoms with Gasteiger partial charge in [-0.05, 0) is 38.5 Å². The Morgan fingerprint density at radius 2 is 2.21 bits per heavy atom. The van der Waals surface area contributed by atoms with Gasteiger partial charge in [0.15, 0.2) is 5.78 Å². The molecule has 1 atom stereocenters. The van der Waals surface area contributed by atoms with Crippen molar-refractivity contribution in [2.45, 2.75) is 46.5 Å². The highest BCUT2D eigenvalue weighted by Crippen LogP contribution is 2.32. The van der Waals surface area contributed by atoms with Gasteiger partial charge >= 0.3 is 0 Å². The molecule has 0 aromatic rings. The van der Waals surface area contributed by atoms with Crippen molar-refractivity contribution < 1.29 is 9.90 Å². The maximum absolute atomic E-state index is 11.2. The molecule has 1 unspecified atom stereocenters. The molecule has 0 saturated carbocycles. The number of hydrogen-bond donors (Lipinski definition) is 1. The Labute approximate surface area is 86.0 Å². The molecule has 1 aliphatic rings. The molecule has 0 amide bonds. The lowest BCUT2D eigenvalue weighted by Gasteiger charge is -2.25. The minimum Gasteiger partial charge on any atom is -0.512 e. The van der Waals surface area contributed by atoms with Crippen LogP contribution in [-0.4, -0.2) is 10.9 Å². The van der Waals surface area contributed by atoms with E-state index in [4.69, 9.17) is 0 Å². The Balaban J connectivity index is 2.78. The van der Waals surface area contributed by atoms with Crippen LogP contribution in [0, 0.1) is 11.8 Å². The fraction of sp³-hybridized carbons (Fsp3) is 0.750. The van der Waals surface area contributed by atoms with Gasteiger partial charge < -0.3 is 5.11 Å². The second-order valence-electron chi connectivity index (χ2n) is 4.64. The molecule has 1 rings (SSSR count). The topological polar surface area (TPSA) is 37.3 Å². The molecule has 0 aromatic carbocycles. The summed E-state index contributed by atoms with van der Waals surface area (Å²) in [7, 11) is 0. The maximum Gasteiger partial charge on any atom is 0.159 e. The van der Waals surface area contributed by atoms with Crippen LogP contribution in [0.5, 0.6) is 0 Å². The normalized spacial score (nSPS) is 23.0. The zero-order chi connectivity index (χ0) is 10.7. The molecule has 0 spiro atoms. The SMILES string of the molecule is CC(=O)C1=C(O)C(CC(C)C)CCC1. The molecule has 1 aliphatic carbocycles. The van der Waals surface area contributed by atoms with Crippen molar-refractivity contribution in [2.24, 2.45) is 11.8 Å². The molecule has 0 heterocycles. The van der Waals surface area contributed by atoms with Crippen LogP contribution in [0.2, 0.25) is 0 Å². The van der Waals surface area contributed by atoms with Gasteiger partial charge in [-0.15, -0.1) is 0 Å². The molecule has 0 aliphatic heterocycles. The molecule has 0 radical (unpaired) electrons. The minimum absolute atomic E-state index is 0.0379. The van der Waals surface area contributed by atoms with Crippen LogP contribution in [0.4, 0.5) is 0 Å². The highest BCUT2D eigenvalue weighted by molar-refractivity contribution is 5.93. The van der Waals surface area contributed by atoms with Crippen molar-refractivity contribution in [3.63, 3.8) is 0 Å². The van der Waals surface area contributed by atoms with Crippen LogP contribution < -0.4 is 0 Å². The number of aliphatic hydroxyl groups is 1. The molecule has 2 nitrogen and oxygen atoms in total. The third-order valence-electron chi connectivity index (χ3n) is 2.86. The zero-order valence-electron chi connectivity index (χ0n) is 9.34. The predicted molar refractivity (Wildman–Crippen MR) is 57.1 cm³/mol. The van der Waals surface area contributed by atoms with Crippen molar-refractivity contribution >= 4 is 5.78 Å². The van der Waals surface area contributed by atoms with Crippen molar-refractivity contribution in [3.05, 3.63) is 11.3 Å². The third kappa shape index (κ3) is 2.60. The molecular formula is C12H20O2. The lowest BCUT2D eigenvalue weighted by Crippen LogP contribution is -2.17. The number of aliphatic hydroxyl groups excluding tert-OH is 1. The van der Waals surface area contributed by atoms with E-state index in [9.17, 15) is 9.90 Å². The Hall–Kier alpha value is -0.790. The van der Waals surface area contributed by atoms with E-state index >= 15 is 0 Å². The monoisotopic (exact) mass is 196 g/mol. The summed E-state index contributed by atoms with van der Waals surface area (Å²) in [5, 5.41) is 9.91. The quantitative estimate of drug-likeness (QED) is 0.752. The van der Waals surface area contributed by atoms with Gasteiger partial charge in [-0.1, -0.05) is 13.8 Å². The van der Waals surface area contributed by atoms with Gasteiger partial charge in [0.25, 0.3) is 0 Å². The Bertz CT molecular complexity index is 251. The van der Waals surface area contributed by atoms with E-state index in [2.05, 4.69) is 13.8 Å². The maximum atomic E-state index is 11.2. The van der Waals surface area contributed by atoms with E-state index < -0.39 is 0 Å². The van der Waals surface area contributed by atoms with E-state index in [-0.39, 0.29) is 11.7 Å². The molecule has 1 N–H and O–H groups in total. The number of Topliss-reactive ketones (excluding diaryl/α,β-unsaturated/α-hetero) is 1. The minimum atomic E-state index is 0.0379. The van der Waals surface area contributed by atoms with Gasteiger partial charge in [0.05, 0.1) is 0 Å². The number of rotatable bonds is 3. The number of carbonyl (C=O) groups is 1. The van der Waals surface area contributed by atoms with Crippen LogP contribution >= 0.6 is 0 Å². The molecule has 2 heteroatoms. The van der Waals surface area contributed by atoms with Gasteiger partial charge in [-0.2, -0.15) is 0 Å². The molecule has 0 bridgehead atoms. The molecule has 0 saturated heterocycles. The second-order valence-corrected chi connectivity index (χ2v) is 4.64. The van der Waals surface area contributed by atoms with Crippen LogP contribution in [0.3, 0.4) is 0 Å². The largest absolute Gasteiger partial charge is 0.512 e. The van der Waals surface area contributed by atoms with Crippen molar-refractivity contribution in [2.75, 3.05) is 0 Å². The fourth-order valence-electron chi connectivity index (χ4n) is 2.19. The first-order valence-electron chi connectivity index (χ1n) is 5.45. The van der Waals surface area contributed by atoms with E-state index in [1.165, 1.54) is 0 Å². The fourth-order valence-corrected chi connectivity index (χ4v) is 2.19. The van der Waals surface area contributed by atoms with E-state index in [1.54, 1.807) is 6.92 Å². The Kier molecular flexibility index (Phi) is 3.73. The highest BCUT2D eigenvalue weighted by Gasteiger charge is 2.25. The molecule has 0 aromatic heterocycles. The van der Waals surface area contributed by atoms with E-state index in [0.717, 1.165) is 25.7 Å². The molecule has 0 fully saturated rings. The number of allylic oxidation sites excluding steroid dienone is 2. The summed E-state index contributed by atoms with van der Waals surface area (Å²) in [6.45, 7) is 5.84. The average Bonchev–Trinajstić information content (AvgIpc) is 2.07. The lowest BCUT2D eigenvalue weighted by atomic mass is 9.82. The first-order valence-corrected chi connectivity index (χ1v) is 5.45. The van der Waals surface area contributed by atoms with Gasteiger partial charge in [0.2, 0.25) is 0 Å². The number of hydrogen-bond acceptors (Lipinski definition) is 2. The average molecular weight is 196 g/mol. The summed E-state index contributed by atoms with van der Waals surface area (Å²) in [4.78, 5) is 11.2. The highest BCUT2D eigenvalue weighted by atomic mass is 16.3. The second kappa shape index (κ2) is 4.63. The van der Waals surface area contributed by atoms with Crippen molar-refractivity contribution in [1.82, 2.24) is 0 Å². The van der Waals surface area contributed by atoms with Gasteiger partial charge in [-0.25, -0.2) is 0 Å². The van der Waals surface area contributed by atoms with Gasteiger partial charge in [0, 0.05) is 11.5 Å². The van der Waals surface area contributed by atoms with Crippen LogP contribution in [0.15, 0.2) is 11.3 Å². The first-order chi connectivity index (χ1) is 6.52. The molecule has 14 heavy (non-hydrogen) atoms.